The second kappa shape index (κ2) is 7.79. The van der Waals surface area contributed by atoms with Gasteiger partial charge in [0.05, 0.1) is 23.5 Å². The summed E-state index contributed by atoms with van der Waals surface area (Å²) in [6.07, 6.45) is 0.810. The van der Waals surface area contributed by atoms with Crippen LogP contribution in [0.15, 0.2) is 18.2 Å². The third-order valence-electron chi connectivity index (χ3n) is 4.23. The van der Waals surface area contributed by atoms with Crippen LogP contribution >= 0.6 is 0 Å². The van der Waals surface area contributed by atoms with Gasteiger partial charge in [-0.2, -0.15) is 0 Å². The van der Waals surface area contributed by atoms with Gasteiger partial charge in [-0.25, -0.2) is 12.7 Å². The molecule has 1 aliphatic heterocycles. The van der Waals surface area contributed by atoms with Gasteiger partial charge in [-0.05, 0) is 25.8 Å². The zero-order chi connectivity index (χ0) is 18.6. The molecule has 1 aromatic rings. The van der Waals surface area contributed by atoms with Crippen molar-refractivity contribution in [3.63, 3.8) is 0 Å². The standard InChI is InChI=1S/C15H21N3O6S/c1-3-25(22,23)17-8-6-11(7-9-17)15(19)16-13-10-12(18(20)21)4-5-14(13)24-2/h4-5,10-11H,3,6-9H2,1-2H3,(H,16,19). The number of nitrogens with zero attached hydrogens (tertiary/aromatic N) is 2. The topological polar surface area (TPSA) is 119 Å². The van der Waals surface area contributed by atoms with E-state index >= 15 is 0 Å². The van der Waals surface area contributed by atoms with Gasteiger partial charge in [0.1, 0.15) is 5.75 Å². The predicted molar refractivity (Wildman–Crippen MR) is 92.0 cm³/mol. The first-order valence-electron chi connectivity index (χ1n) is 7.89. The molecule has 1 N–H and O–H groups in total. The monoisotopic (exact) mass is 371 g/mol. The van der Waals surface area contributed by atoms with Crippen LogP contribution in [0.4, 0.5) is 11.4 Å². The second-order valence-corrected chi connectivity index (χ2v) is 7.96. The molecule has 0 aliphatic carbocycles. The van der Waals surface area contributed by atoms with Crippen molar-refractivity contribution in [3.8, 4) is 5.75 Å². The fraction of sp³-hybridized carbons (Fsp3) is 0.533. The Labute approximate surface area is 146 Å². The number of ether oxygens (including phenoxy) is 1. The molecule has 0 bridgehead atoms. The van der Waals surface area contributed by atoms with Crippen LogP contribution in [0, 0.1) is 16.0 Å². The van der Waals surface area contributed by atoms with Crippen LogP contribution < -0.4 is 10.1 Å². The van der Waals surface area contributed by atoms with E-state index in [0.29, 0.717) is 31.7 Å². The number of sulfonamides is 1. The molecule has 1 aliphatic rings. The Morgan fingerprint density at radius 2 is 2.04 bits per heavy atom. The number of nitro groups is 1. The molecule has 2 rings (SSSR count). The molecule has 9 nitrogen and oxygen atoms in total. The van der Waals surface area contributed by atoms with Crippen molar-refractivity contribution in [2.24, 2.45) is 5.92 Å². The molecule has 10 heteroatoms. The van der Waals surface area contributed by atoms with E-state index in [1.54, 1.807) is 6.92 Å². The van der Waals surface area contributed by atoms with Crippen LogP contribution in [0.25, 0.3) is 0 Å². The molecule has 138 valence electrons. The fourth-order valence-electron chi connectivity index (χ4n) is 2.72. The molecule has 1 saturated heterocycles. The van der Waals surface area contributed by atoms with Gasteiger partial charge in [0, 0.05) is 31.1 Å². The lowest BCUT2D eigenvalue weighted by Crippen LogP contribution is -2.42. The Morgan fingerprint density at radius 1 is 1.40 bits per heavy atom. The quantitative estimate of drug-likeness (QED) is 0.599. The molecule has 0 unspecified atom stereocenters. The van der Waals surface area contributed by atoms with Gasteiger partial charge < -0.3 is 10.1 Å². The normalized spacial score (nSPS) is 16.4. The van der Waals surface area contributed by atoms with E-state index in [9.17, 15) is 23.3 Å². The SMILES string of the molecule is CCS(=O)(=O)N1CCC(C(=O)Nc2cc([N+](=O)[O-])ccc2OC)CC1. The summed E-state index contributed by atoms with van der Waals surface area (Å²) in [5, 5.41) is 13.5. The van der Waals surface area contributed by atoms with E-state index in [2.05, 4.69) is 5.32 Å². The third-order valence-corrected chi connectivity index (χ3v) is 6.12. The first-order chi connectivity index (χ1) is 11.8. The minimum atomic E-state index is -3.25. The zero-order valence-electron chi connectivity index (χ0n) is 14.1. The van der Waals surface area contributed by atoms with E-state index in [4.69, 9.17) is 4.74 Å². The van der Waals surface area contributed by atoms with Crippen molar-refractivity contribution in [2.45, 2.75) is 19.8 Å². The maximum absolute atomic E-state index is 12.4. The molecule has 1 aromatic carbocycles. The molecule has 0 saturated carbocycles. The highest BCUT2D eigenvalue weighted by atomic mass is 32.2. The average molecular weight is 371 g/mol. The van der Waals surface area contributed by atoms with Gasteiger partial charge in [0.25, 0.3) is 5.69 Å². The Hall–Kier alpha value is -2.20. The first-order valence-corrected chi connectivity index (χ1v) is 9.50. The van der Waals surface area contributed by atoms with Crippen molar-refractivity contribution < 1.29 is 22.9 Å². The lowest BCUT2D eigenvalue weighted by Gasteiger charge is -2.30. The predicted octanol–water partition coefficient (Wildman–Crippen LogP) is 1.60. The Balaban J connectivity index is 2.06. The third kappa shape index (κ3) is 4.45. The number of piperidine rings is 1. The smallest absolute Gasteiger partial charge is 0.271 e. The highest BCUT2D eigenvalue weighted by molar-refractivity contribution is 7.89. The van der Waals surface area contributed by atoms with E-state index in [1.807, 2.05) is 0 Å². The molecule has 1 heterocycles. The summed E-state index contributed by atoms with van der Waals surface area (Å²) in [6, 6.07) is 3.96. The van der Waals surface area contributed by atoms with Crippen LogP contribution in [-0.2, 0) is 14.8 Å². The van der Waals surface area contributed by atoms with Crippen LogP contribution in [0.3, 0.4) is 0 Å². The maximum atomic E-state index is 12.4. The number of rotatable bonds is 6. The summed E-state index contributed by atoms with van der Waals surface area (Å²) < 4.78 is 30.2. The number of nitrogens with one attached hydrogen (secondary N) is 1. The van der Waals surface area contributed by atoms with Crippen molar-refractivity contribution in [1.29, 1.82) is 0 Å². The molecule has 1 amide bonds. The zero-order valence-corrected chi connectivity index (χ0v) is 14.9. The van der Waals surface area contributed by atoms with Crippen LogP contribution in [-0.4, -0.2) is 49.5 Å². The molecular formula is C15H21N3O6S. The summed E-state index contributed by atoms with van der Waals surface area (Å²) in [4.78, 5) is 22.8. The molecule has 1 fully saturated rings. The number of methoxy groups -OCH3 is 1. The number of nitro benzene ring substituents is 1. The first kappa shape index (κ1) is 19.1. The van der Waals surface area contributed by atoms with Gasteiger partial charge in [0.2, 0.25) is 15.9 Å². The number of non-ortho nitro benzene ring substituents is 1. The minimum absolute atomic E-state index is 0.0365. The van der Waals surface area contributed by atoms with E-state index in [0.717, 1.165) is 0 Å². The Kier molecular flexibility index (Phi) is 5.96. The number of benzene rings is 1. The largest absolute Gasteiger partial charge is 0.495 e. The number of amides is 1. The lowest BCUT2D eigenvalue weighted by molar-refractivity contribution is -0.384. The molecule has 25 heavy (non-hydrogen) atoms. The van der Waals surface area contributed by atoms with Crippen molar-refractivity contribution >= 4 is 27.3 Å². The van der Waals surface area contributed by atoms with Crippen molar-refractivity contribution in [2.75, 3.05) is 31.3 Å². The minimum Gasteiger partial charge on any atom is -0.495 e. The highest BCUT2D eigenvalue weighted by Crippen LogP contribution is 2.30. The van der Waals surface area contributed by atoms with Crippen LogP contribution in [0.2, 0.25) is 0 Å². The number of carbonyl (C=O) groups is 1. The number of hydrogen-bond acceptors (Lipinski definition) is 6. The summed E-state index contributed by atoms with van der Waals surface area (Å²) in [7, 11) is -1.84. The molecular weight excluding hydrogens is 350 g/mol. The van der Waals surface area contributed by atoms with Gasteiger partial charge in [-0.1, -0.05) is 0 Å². The van der Waals surface area contributed by atoms with E-state index in [-0.39, 0.29) is 29.0 Å². The van der Waals surface area contributed by atoms with Crippen LogP contribution in [0.1, 0.15) is 19.8 Å². The molecule has 0 spiro atoms. The lowest BCUT2D eigenvalue weighted by atomic mass is 9.97. The Bertz CT molecular complexity index is 757. The summed E-state index contributed by atoms with van der Waals surface area (Å²) >= 11 is 0. The highest BCUT2D eigenvalue weighted by Gasteiger charge is 2.30. The summed E-state index contributed by atoms with van der Waals surface area (Å²) in [5.74, 6) is -0.293. The molecule has 0 radical (unpaired) electrons. The number of anilines is 1. The van der Waals surface area contributed by atoms with Crippen molar-refractivity contribution in [3.05, 3.63) is 28.3 Å². The Morgan fingerprint density at radius 3 is 2.56 bits per heavy atom. The molecule has 0 atom stereocenters. The van der Waals surface area contributed by atoms with Gasteiger partial charge in [-0.15, -0.1) is 0 Å². The maximum Gasteiger partial charge on any atom is 0.271 e. The number of hydrogen-bond donors (Lipinski definition) is 1. The summed E-state index contributed by atoms with van der Waals surface area (Å²) in [5.41, 5.74) is 0.0743. The van der Waals surface area contributed by atoms with Gasteiger partial charge in [0.15, 0.2) is 0 Å². The van der Waals surface area contributed by atoms with E-state index < -0.39 is 14.9 Å². The fourth-order valence-corrected chi connectivity index (χ4v) is 3.85. The average Bonchev–Trinajstić information content (AvgIpc) is 2.61. The summed E-state index contributed by atoms with van der Waals surface area (Å²) in [6.45, 7) is 2.17. The van der Waals surface area contributed by atoms with Gasteiger partial charge in [-0.3, -0.25) is 14.9 Å². The van der Waals surface area contributed by atoms with Crippen molar-refractivity contribution in [1.82, 2.24) is 4.31 Å². The molecule has 0 aromatic heterocycles. The second-order valence-electron chi connectivity index (χ2n) is 5.70. The van der Waals surface area contributed by atoms with E-state index in [1.165, 1.54) is 29.6 Å². The van der Waals surface area contributed by atoms with Crippen LogP contribution in [0.5, 0.6) is 5.75 Å². The van der Waals surface area contributed by atoms with Gasteiger partial charge >= 0.3 is 0 Å². The number of carbonyl (C=O) groups excluding carboxylic acids is 1.